The molecule has 0 N–H and O–H groups in total. The summed E-state index contributed by atoms with van der Waals surface area (Å²) in [5, 5.41) is 0. The molecule has 0 saturated heterocycles. The molecule has 2 atom stereocenters. The van der Waals surface area contributed by atoms with E-state index in [0.29, 0.717) is 6.92 Å². The summed E-state index contributed by atoms with van der Waals surface area (Å²) in [6.07, 6.45) is -13.2. The lowest BCUT2D eigenvalue weighted by atomic mass is 10.1. The highest BCUT2D eigenvalue weighted by Crippen LogP contribution is 2.31. The Bertz CT molecular complexity index is 786. The van der Waals surface area contributed by atoms with Gasteiger partial charge in [0, 0.05) is 0 Å². The van der Waals surface area contributed by atoms with Crippen molar-refractivity contribution < 1.29 is 40.6 Å². The van der Waals surface area contributed by atoms with Gasteiger partial charge in [0.2, 0.25) is 0 Å². The van der Waals surface area contributed by atoms with Crippen LogP contribution in [0.3, 0.4) is 0 Å². The molecule has 0 fully saturated rings. The lowest BCUT2D eigenvalue weighted by Crippen LogP contribution is -2.33. The number of ether oxygens (including phenoxy) is 2. The minimum absolute atomic E-state index is 0.104. The average molecular weight is 406 g/mol. The number of carbonyl (C=O) groups excluding carboxylic acids is 1. The van der Waals surface area contributed by atoms with Gasteiger partial charge in [-0.25, -0.2) is 4.79 Å². The summed E-state index contributed by atoms with van der Waals surface area (Å²) in [5.41, 5.74) is -0.584. The standard InChI is InChI=1S/C19H16F6O3/c1-12(18(20,21)22)28-17(26)16(14-7-3-2-4-8-14)27-11-13-6-5-9-15(10-13)19(23,24)25/h2-10,12,16H,11H2,1H3. The number of esters is 1. The molecule has 0 aliphatic heterocycles. The Labute approximate surface area is 156 Å². The topological polar surface area (TPSA) is 35.5 Å². The lowest BCUT2D eigenvalue weighted by molar-refractivity contribution is -0.222. The number of carbonyl (C=O) groups is 1. The van der Waals surface area contributed by atoms with Crippen LogP contribution in [0.15, 0.2) is 54.6 Å². The van der Waals surface area contributed by atoms with Crippen LogP contribution in [0.5, 0.6) is 0 Å². The minimum atomic E-state index is -4.75. The molecule has 2 rings (SSSR count). The van der Waals surface area contributed by atoms with E-state index in [4.69, 9.17) is 4.74 Å². The zero-order valence-electron chi connectivity index (χ0n) is 14.6. The van der Waals surface area contributed by atoms with Crippen LogP contribution in [-0.4, -0.2) is 18.2 Å². The van der Waals surface area contributed by atoms with Crippen LogP contribution in [0, 0.1) is 0 Å². The molecule has 2 aromatic rings. The number of alkyl halides is 6. The van der Waals surface area contributed by atoms with E-state index in [2.05, 4.69) is 4.74 Å². The van der Waals surface area contributed by atoms with Crippen LogP contribution in [0.25, 0.3) is 0 Å². The van der Waals surface area contributed by atoms with Crippen molar-refractivity contribution in [3.05, 3.63) is 71.3 Å². The number of hydrogen-bond donors (Lipinski definition) is 0. The SMILES string of the molecule is CC(OC(=O)C(OCc1cccc(C(F)(F)F)c1)c1ccccc1)C(F)(F)F. The molecule has 3 nitrogen and oxygen atoms in total. The predicted octanol–water partition coefficient (Wildman–Crippen LogP) is 5.46. The molecule has 28 heavy (non-hydrogen) atoms. The third-order valence-corrected chi connectivity index (χ3v) is 3.74. The lowest BCUT2D eigenvalue weighted by Gasteiger charge is -2.22. The van der Waals surface area contributed by atoms with Gasteiger partial charge < -0.3 is 9.47 Å². The average Bonchev–Trinajstić information content (AvgIpc) is 2.61. The van der Waals surface area contributed by atoms with Gasteiger partial charge in [0.1, 0.15) is 0 Å². The fraction of sp³-hybridized carbons (Fsp3) is 0.316. The van der Waals surface area contributed by atoms with Crippen molar-refractivity contribution in [2.45, 2.75) is 38.1 Å². The van der Waals surface area contributed by atoms with Crippen LogP contribution >= 0.6 is 0 Å². The van der Waals surface area contributed by atoms with Crippen LogP contribution in [0.2, 0.25) is 0 Å². The molecule has 0 spiro atoms. The van der Waals surface area contributed by atoms with E-state index >= 15 is 0 Å². The van der Waals surface area contributed by atoms with E-state index in [1.807, 2.05) is 0 Å². The summed E-state index contributed by atoms with van der Waals surface area (Å²) < 4.78 is 86.1. The van der Waals surface area contributed by atoms with E-state index in [1.165, 1.54) is 36.4 Å². The van der Waals surface area contributed by atoms with Crippen molar-refractivity contribution in [3.63, 3.8) is 0 Å². The third kappa shape index (κ3) is 5.98. The molecule has 2 aromatic carbocycles. The minimum Gasteiger partial charge on any atom is -0.451 e. The van der Waals surface area contributed by atoms with Gasteiger partial charge in [0.05, 0.1) is 12.2 Å². The Morgan fingerprint density at radius 2 is 1.61 bits per heavy atom. The quantitative estimate of drug-likeness (QED) is 0.472. The molecule has 0 bridgehead atoms. The van der Waals surface area contributed by atoms with E-state index < -0.39 is 42.7 Å². The van der Waals surface area contributed by atoms with Gasteiger partial charge in [-0.3, -0.25) is 0 Å². The summed E-state index contributed by atoms with van der Waals surface area (Å²) in [6.45, 7) is 0.242. The van der Waals surface area contributed by atoms with Crippen molar-refractivity contribution in [1.82, 2.24) is 0 Å². The molecule has 152 valence electrons. The van der Waals surface area contributed by atoms with E-state index in [1.54, 1.807) is 6.07 Å². The van der Waals surface area contributed by atoms with E-state index in [9.17, 15) is 31.1 Å². The Kier molecular flexibility index (Phi) is 6.71. The normalized spacial score (nSPS) is 14.4. The second-order valence-corrected chi connectivity index (χ2v) is 5.92. The molecule has 0 aliphatic carbocycles. The first-order chi connectivity index (χ1) is 13.0. The van der Waals surface area contributed by atoms with Gasteiger partial charge in [-0.15, -0.1) is 0 Å². The van der Waals surface area contributed by atoms with Crippen LogP contribution < -0.4 is 0 Å². The Hall–Kier alpha value is -2.55. The smallest absolute Gasteiger partial charge is 0.425 e. The fourth-order valence-corrected chi connectivity index (χ4v) is 2.25. The summed E-state index contributed by atoms with van der Waals surface area (Å²) in [7, 11) is 0. The van der Waals surface area contributed by atoms with E-state index in [0.717, 1.165) is 12.1 Å². The van der Waals surface area contributed by atoms with Crippen LogP contribution in [0.1, 0.15) is 29.7 Å². The predicted molar refractivity (Wildman–Crippen MR) is 87.0 cm³/mol. The Balaban J connectivity index is 2.18. The van der Waals surface area contributed by atoms with Gasteiger partial charge in [-0.2, -0.15) is 26.3 Å². The Morgan fingerprint density at radius 3 is 2.18 bits per heavy atom. The van der Waals surface area contributed by atoms with E-state index in [-0.39, 0.29) is 11.1 Å². The molecule has 0 radical (unpaired) electrons. The molecular formula is C19H16F6O3. The number of rotatable bonds is 6. The maximum Gasteiger partial charge on any atom is 0.425 e. The van der Waals surface area contributed by atoms with Gasteiger partial charge in [0.25, 0.3) is 0 Å². The van der Waals surface area contributed by atoms with Gasteiger partial charge in [-0.05, 0) is 30.2 Å². The fourth-order valence-electron chi connectivity index (χ4n) is 2.25. The molecule has 0 amide bonds. The molecule has 0 saturated carbocycles. The maximum atomic E-state index is 12.8. The highest BCUT2D eigenvalue weighted by Gasteiger charge is 2.40. The van der Waals surface area contributed by atoms with Crippen LogP contribution in [0.4, 0.5) is 26.3 Å². The highest BCUT2D eigenvalue weighted by atomic mass is 19.4. The van der Waals surface area contributed by atoms with Crippen molar-refractivity contribution in [2.75, 3.05) is 0 Å². The highest BCUT2D eigenvalue weighted by molar-refractivity contribution is 5.76. The zero-order chi connectivity index (χ0) is 20.9. The molecule has 2 unspecified atom stereocenters. The summed E-state index contributed by atoms with van der Waals surface area (Å²) in [5.74, 6) is -1.29. The maximum absolute atomic E-state index is 12.8. The van der Waals surface area contributed by atoms with Gasteiger partial charge in [0.15, 0.2) is 12.2 Å². The molecule has 0 heterocycles. The van der Waals surface area contributed by atoms with Crippen molar-refractivity contribution >= 4 is 5.97 Å². The summed E-state index contributed by atoms with van der Waals surface area (Å²) in [6, 6.07) is 11.8. The number of halogens is 6. The second kappa shape index (κ2) is 8.64. The second-order valence-electron chi connectivity index (χ2n) is 5.92. The van der Waals surface area contributed by atoms with Gasteiger partial charge >= 0.3 is 18.3 Å². The third-order valence-electron chi connectivity index (χ3n) is 3.74. The number of benzene rings is 2. The molecule has 0 aliphatic rings. The first kappa shape index (κ1) is 21.7. The molecular weight excluding hydrogens is 390 g/mol. The van der Waals surface area contributed by atoms with Gasteiger partial charge in [-0.1, -0.05) is 42.5 Å². The Morgan fingerprint density at radius 1 is 0.964 bits per heavy atom. The molecule has 0 aromatic heterocycles. The van der Waals surface area contributed by atoms with Crippen molar-refractivity contribution in [1.29, 1.82) is 0 Å². The first-order valence-corrected chi connectivity index (χ1v) is 8.08. The molecule has 9 heteroatoms. The van der Waals surface area contributed by atoms with Crippen molar-refractivity contribution in [3.8, 4) is 0 Å². The number of hydrogen-bond acceptors (Lipinski definition) is 3. The van der Waals surface area contributed by atoms with Crippen molar-refractivity contribution in [2.24, 2.45) is 0 Å². The zero-order valence-corrected chi connectivity index (χ0v) is 14.6. The first-order valence-electron chi connectivity index (χ1n) is 8.08. The largest absolute Gasteiger partial charge is 0.451 e. The monoisotopic (exact) mass is 406 g/mol. The van der Waals surface area contributed by atoms with Crippen LogP contribution in [-0.2, 0) is 27.1 Å². The summed E-state index contributed by atoms with van der Waals surface area (Å²) >= 11 is 0. The summed E-state index contributed by atoms with van der Waals surface area (Å²) in [4.78, 5) is 12.2.